The molecule has 3 spiro atoms. The fourth-order valence-corrected chi connectivity index (χ4v) is 20.2. The Morgan fingerprint density at radius 1 is 0.408 bits per heavy atom. The van der Waals surface area contributed by atoms with Crippen molar-refractivity contribution < 1.29 is 170 Å². The van der Waals surface area contributed by atoms with Crippen LogP contribution in [-0.4, -0.2) is 275 Å². The van der Waals surface area contributed by atoms with E-state index in [0.29, 0.717) is 92.1 Å². The van der Waals surface area contributed by atoms with Crippen LogP contribution in [0.5, 0.6) is 17.2 Å². The number of aliphatic hydroxyl groups excluding tert-OH is 3. The largest absolute Gasteiger partial charge is 0.481 e. The fraction of sp³-hybridized carbons (Fsp3) is 0.549. The third-order valence-electron chi connectivity index (χ3n) is 25.4. The molecule has 6 bridgehead atoms. The van der Waals surface area contributed by atoms with Gasteiger partial charge in [0.25, 0.3) is 0 Å². The molecule has 6 aliphatic heterocycles. The molecule has 6 unspecified atom stereocenters. The number of aliphatic hydroxyl groups is 6. The van der Waals surface area contributed by atoms with E-state index in [1.165, 1.54) is 19.1 Å². The summed E-state index contributed by atoms with van der Waals surface area (Å²) in [5, 5.41) is 94.5. The van der Waals surface area contributed by atoms with E-state index in [-0.39, 0.29) is 74.5 Å². The van der Waals surface area contributed by atoms with Gasteiger partial charge in [-0.05, 0) is 128 Å². The first-order chi connectivity index (χ1) is 56.6. The van der Waals surface area contributed by atoms with Gasteiger partial charge in [-0.25, -0.2) is 33.6 Å². The molecule has 3 aromatic carbocycles. The lowest BCUT2D eigenvalue weighted by molar-refractivity contribution is -0.194. The predicted octanol–water partition coefficient (Wildman–Crippen LogP) is 0.165. The highest BCUT2D eigenvalue weighted by molar-refractivity contribution is 5.92. The van der Waals surface area contributed by atoms with Gasteiger partial charge < -0.3 is 122 Å². The van der Waals surface area contributed by atoms with E-state index >= 15 is 0 Å². The van der Waals surface area contributed by atoms with Crippen LogP contribution in [0.1, 0.15) is 143 Å². The molecular formula is C82H93N3O35. The molecular weight excluding hydrogens is 1590 g/mol. The molecule has 0 amide bonds. The van der Waals surface area contributed by atoms with Crippen molar-refractivity contribution in [2.24, 2.45) is 0 Å². The summed E-state index contributed by atoms with van der Waals surface area (Å²) >= 11 is 0. The van der Waals surface area contributed by atoms with Crippen LogP contribution in [0.3, 0.4) is 0 Å². The molecule has 120 heavy (non-hydrogen) atoms. The van der Waals surface area contributed by atoms with Gasteiger partial charge in [-0.15, -0.1) is 0 Å². The first kappa shape index (κ1) is 86.9. The lowest BCUT2D eigenvalue weighted by atomic mass is 9.50. The third-order valence-corrected chi connectivity index (χ3v) is 25.4. The molecule has 38 nitrogen and oxygen atoms in total. The highest BCUT2D eigenvalue weighted by Crippen LogP contribution is 2.68. The number of nitrogens with zero attached hydrogens (tertiary/aromatic N) is 3. The maximum absolute atomic E-state index is 13.6. The number of esters is 10. The number of hydrogen-bond donors (Lipinski definition) is 9. The Morgan fingerprint density at radius 3 is 1.02 bits per heavy atom. The van der Waals surface area contributed by atoms with E-state index in [1.54, 1.807) is 24.3 Å². The Kier molecular flexibility index (Phi) is 23.6. The molecule has 646 valence electrons. The van der Waals surface area contributed by atoms with E-state index in [4.69, 9.17) is 71.8 Å². The first-order valence-corrected chi connectivity index (χ1v) is 38.9. The SMILES string of the molecule is CC(=O)O[C@@H](C(=O)O)[C@@H](OC(C)=O)C(=O)OC1=CC[C@@]2(O)[C@H]3Cc4ccc(CO)c5c4C2(CCN3C)C1O5.CC(=O)O[C@@H](C(=O)OC1=CC[C@@]2(O)[C@H]3Cc4ccc(CO)c5c4C2(CCN3C)C1O5)[C@@H](OC(C)=O)C(=O)O[C@@H](C)C(=O)O.CC(=O)O[C@@H](CC(=O)O)C(=O)O[C@@H](C)C(=O)OC1=CC[C@@]2(O)[C@H]3Cc4ccc(CO)c5c4C2(CCN3C)C1O5. The van der Waals surface area contributed by atoms with E-state index in [9.17, 15) is 98.1 Å². The number of likely N-dealkylation sites (N-methyl/N-ethyl adjacent to an activating group) is 3. The van der Waals surface area contributed by atoms with Crippen LogP contribution in [0.2, 0.25) is 0 Å². The number of piperidine rings is 3. The molecule has 12 aliphatic rings. The van der Waals surface area contributed by atoms with Gasteiger partial charge in [-0.1, -0.05) is 36.4 Å². The summed E-state index contributed by atoms with van der Waals surface area (Å²) in [6.45, 7) is 8.11. The summed E-state index contributed by atoms with van der Waals surface area (Å²) in [5.74, 6) is -14.3. The van der Waals surface area contributed by atoms with Crippen molar-refractivity contribution in [1.82, 2.24) is 14.7 Å². The second-order valence-electron chi connectivity index (χ2n) is 32.1. The number of ether oxygens (including phenoxy) is 13. The summed E-state index contributed by atoms with van der Waals surface area (Å²) in [6, 6.07) is 10.4. The molecule has 9 N–H and O–H groups in total. The highest BCUT2D eigenvalue weighted by Gasteiger charge is 2.76. The van der Waals surface area contributed by atoms with Crippen LogP contribution in [0.4, 0.5) is 0 Å². The molecule has 3 saturated heterocycles. The number of hydrogen-bond acceptors (Lipinski definition) is 35. The van der Waals surface area contributed by atoms with Crippen LogP contribution in [-0.2, 0) is 165 Å². The highest BCUT2D eigenvalue weighted by atomic mass is 16.7. The van der Waals surface area contributed by atoms with Gasteiger partial charge in [0.1, 0.15) is 34.5 Å². The van der Waals surface area contributed by atoms with Crippen LogP contribution >= 0.6 is 0 Å². The fourth-order valence-electron chi connectivity index (χ4n) is 20.2. The quantitative estimate of drug-likeness (QED) is 0.0426. The average Bonchev–Trinajstić information content (AvgIpc) is 1.46. The maximum Gasteiger partial charge on any atom is 0.357 e. The second-order valence-corrected chi connectivity index (χ2v) is 32.1. The summed E-state index contributed by atoms with van der Waals surface area (Å²) in [7, 11) is 5.84. The first-order valence-electron chi connectivity index (χ1n) is 38.9. The Morgan fingerprint density at radius 2 is 0.717 bits per heavy atom. The zero-order valence-corrected chi connectivity index (χ0v) is 67.0. The molecule has 3 aromatic rings. The normalized spacial score (nSPS) is 29.5. The van der Waals surface area contributed by atoms with Gasteiger partial charge in [-0.2, -0.15) is 0 Å². The molecule has 3 fully saturated rings. The van der Waals surface area contributed by atoms with Crippen molar-refractivity contribution in [3.8, 4) is 17.2 Å². The number of rotatable bonds is 24. The minimum absolute atomic E-state index is 0.0139. The van der Waals surface area contributed by atoms with E-state index in [2.05, 4.69) is 14.7 Å². The van der Waals surface area contributed by atoms with E-state index < -0.39 is 178 Å². The number of aliphatic carboxylic acids is 3. The molecule has 6 heterocycles. The van der Waals surface area contributed by atoms with Gasteiger partial charge in [0.2, 0.25) is 30.5 Å². The zero-order valence-electron chi connectivity index (χ0n) is 67.0. The van der Waals surface area contributed by atoms with Crippen LogP contribution in [0.15, 0.2) is 71.9 Å². The molecule has 0 aromatic heterocycles. The number of carbonyl (C=O) groups is 13. The van der Waals surface area contributed by atoms with Crippen LogP contribution in [0, 0.1) is 0 Å². The van der Waals surface area contributed by atoms with Gasteiger partial charge >= 0.3 is 77.6 Å². The van der Waals surface area contributed by atoms with Crippen molar-refractivity contribution in [1.29, 1.82) is 0 Å². The van der Waals surface area contributed by atoms with Crippen molar-refractivity contribution >= 4 is 77.6 Å². The van der Waals surface area contributed by atoms with Crippen molar-refractivity contribution in [2.75, 3.05) is 40.8 Å². The summed E-state index contributed by atoms with van der Waals surface area (Å²) in [5.41, 5.74) is 0.103. The minimum atomic E-state index is -2.19. The third kappa shape index (κ3) is 14.2. The minimum Gasteiger partial charge on any atom is -0.481 e. The number of benzene rings is 3. The summed E-state index contributed by atoms with van der Waals surface area (Å²) in [4.78, 5) is 164. The van der Waals surface area contributed by atoms with Gasteiger partial charge in [0.15, 0.2) is 30.5 Å². The number of carboxylic acids is 3. The Bertz CT molecular complexity index is 4880. The predicted molar refractivity (Wildman–Crippen MR) is 397 cm³/mol. The molecule has 38 heteroatoms. The van der Waals surface area contributed by atoms with Crippen molar-refractivity contribution in [3.63, 3.8) is 0 Å². The molecule has 0 saturated carbocycles. The maximum atomic E-state index is 13.6. The average molecular weight is 1680 g/mol. The zero-order chi connectivity index (χ0) is 87.3. The molecule has 15 rings (SSSR count). The summed E-state index contributed by atoms with van der Waals surface area (Å²) in [6.07, 6.45) is -9.02. The van der Waals surface area contributed by atoms with Gasteiger partial charge in [0.05, 0.1) is 59.3 Å². The lowest BCUT2D eigenvalue weighted by Gasteiger charge is -2.61. The monoisotopic (exact) mass is 1680 g/mol. The van der Waals surface area contributed by atoms with Crippen molar-refractivity contribution in [2.45, 2.75) is 245 Å². The Labute approximate surface area is 684 Å². The van der Waals surface area contributed by atoms with Crippen LogP contribution < -0.4 is 14.2 Å². The number of carboxylic acid groups (broad SMARTS) is 3. The van der Waals surface area contributed by atoms with E-state index in [0.717, 1.165) is 74.9 Å². The summed E-state index contributed by atoms with van der Waals surface area (Å²) < 4.78 is 70.5. The molecule has 19 atom stereocenters. The van der Waals surface area contributed by atoms with E-state index in [1.807, 2.05) is 39.3 Å². The molecule has 0 radical (unpaired) electrons. The van der Waals surface area contributed by atoms with Gasteiger partial charge in [0, 0.05) is 105 Å². The second kappa shape index (κ2) is 32.5. The standard InChI is InChI=1S/C29H33NO13.C27H31NO11.C26H29NO11/c1-13(25(34)35)39-26(36)22(40-14(2)32)23(41-15(3)33)27(37)42-18-7-8-29(38)19-11-16-5-6-17(12-31)21-20(16)28(29,24(18)43-21)9-10-30(19)4;1-13(36-25(34)18(11-20(31)32)37-14(2)30)24(33)38-17-6-7-27(35)19-10-15-4-5-16(12-29)22-21(15)26(27,23(17)39-22)8-9-28(19)3;1-12(29)35-20(23(31)32)21(36-13(2)30)24(33)37-16-6-7-26(34)17-10-14-4-5-15(11-28)19-18(14)25(26,22(16)38-19)8-9-27(17)3/h5-7,13,19,22-24,31,38H,8-12H2,1-4H3,(H,34,35);4-6,13,18-19,23,29,35H,7-12H2,1-3H3,(H,31,32);4-6,17,20-22,28,34H,7-11H2,1-3H3,(H,31,32)/t13-,19+,22+,23+,24?,28?,29+;13-,18-,19+,23?,26?,27+;17-,20-,21-,22?,25?,26-/m001/s1. The Hall–Kier alpha value is -11.0. The topological polar surface area (TPSA) is 534 Å². The van der Waals surface area contributed by atoms with Crippen molar-refractivity contribution in [3.05, 3.63) is 122 Å². The Balaban J connectivity index is 0.000000156. The molecule has 6 aliphatic carbocycles. The van der Waals surface area contributed by atoms with Crippen LogP contribution in [0.25, 0.3) is 0 Å². The van der Waals surface area contributed by atoms with Gasteiger partial charge in [-0.3, -0.25) is 28.8 Å². The lowest BCUT2D eigenvalue weighted by Crippen LogP contribution is -2.74. The number of carbonyl (C=O) groups excluding carboxylic acids is 10. The number of likely N-dealkylation sites (tertiary alicyclic amines) is 3. The smallest absolute Gasteiger partial charge is 0.357 e.